The molecular formula is C23H25N3O5S2. The first-order valence-electron chi connectivity index (χ1n) is 10.8. The zero-order chi connectivity index (χ0) is 23.6. The lowest BCUT2D eigenvalue weighted by Gasteiger charge is -2.20. The molecule has 33 heavy (non-hydrogen) atoms. The van der Waals surface area contributed by atoms with E-state index in [-0.39, 0.29) is 35.0 Å². The number of anilines is 2. The number of hydrogen-bond acceptors (Lipinski definition) is 6. The van der Waals surface area contributed by atoms with Crippen molar-refractivity contribution in [2.75, 3.05) is 10.2 Å². The SMILES string of the molecule is NS(=O)(=O)c1ccc(N2C(=O)CC(Sc3ccc(NC(=O)C4CCCCC4)cc3)C2=O)cc1. The molecule has 0 spiro atoms. The van der Waals surface area contributed by atoms with Gasteiger partial charge in [-0.2, -0.15) is 0 Å². The van der Waals surface area contributed by atoms with Crippen LogP contribution in [0.25, 0.3) is 0 Å². The van der Waals surface area contributed by atoms with Gasteiger partial charge in [0.15, 0.2) is 0 Å². The van der Waals surface area contributed by atoms with E-state index in [0.29, 0.717) is 11.4 Å². The molecule has 2 aromatic carbocycles. The molecule has 3 N–H and O–H groups in total. The summed E-state index contributed by atoms with van der Waals surface area (Å²) >= 11 is 1.28. The second-order valence-corrected chi connectivity index (χ2v) is 11.1. The van der Waals surface area contributed by atoms with Crippen molar-refractivity contribution < 1.29 is 22.8 Å². The molecule has 2 aromatic rings. The van der Waals surface area contributed by atoms with E-state index in [4.69, 9.17) is 5.14 Å². The molecule has 1 heterocycles. The normalized spacial score (nSPS) is 19.7. The molecule has 4 rings (SSSR count). The first-order chi connectivity index (χ1) is 15.7. The number of nitrogens with zero attached hydrogens (tertiary/aromatic N) is 1. The number of imide groups is 1. The summed E-state index contributed by atoms with van der Waals surface area (Å²) in [4.78, 5) is 39.6. The van der Waals surface area contributed by atoms with Crippen molar-refractivity contribution in [1.82, 2.24) is 0 Å². The van der Waals surface area contributed by atoms with Crippen molar-refractivity contribution >= 4 is 50.9 Å². The third kappa shape index (κ3) is 5.45. The van der Waals surface area contributed by atoms with Crippen LogP contribution in [0.1, 0.15) is 38.5 Å². The van der Waals surface area contributed by atoms with Gasteiger partial charge in [-0.1, -0.05) is 19.3 Å². The van der Waals surface area contributed by atoms with E-state index in [2.05, 4.69) is 5.32 Å². The van der Waals surface area contributed by atoms with E-state index in [0.717, 1.165) is 35.5 Å². The van der Waals surface area contributed by atoms with Crippen LogP contribution >= 0.6 is 11.8 Å². The van der Waals surface area contributed by atoms with Crippen LogP contribution in [-0.4, -0.2) is 31.4 Å². The Hall–Kier alpha value is -2.69. The first-order valence-corrected chi connectivity index (χ1v) is 13.2. The summed E-state index contributed by atoms with van der Waals surface area (Å²) in [5.74, 6) is -0.587. The van der Waals surface area contributed by atoms with Crippen molar-refractivity contribution in [1.29, 1.82) is 0 Å². The number of benzene rings is 2. The molecule has 1 saturated carbocycles. The molecule has 1 unspecified atom stereocenters. The van der Waals surface area contributed by atoms with Gasteiger partial charge in [0.25, 0.3) is 0 Å². The Bertz CT molecular complexity index is 1160. The van der Waals surface area contributed by atoms with Gasteiger partial charge in [0.2, 0.25) is 27.7 Å². The molecule has 2 aliphatic rings. The second-order valence-electron chi connectivity index (χ2n) is 8.27. The molecular weight excluding hydrogens is 462 g/mol. The maximum absolute atomic E-state index is 12.9. The van der Waals surface area contributed by atoms with Crippen LogP contribution in [0.3, 0.4) is 0 Å². The monoisotopic (exact) mass is 487 g/mol. The molecule has 2 fully saturated rings. The minimum absolute atomic E-state index is 0.0423. The fourth-order valence-electron chi connectivity index (χ4n) is 4.14. The molecule has 1 atom stereocenters. The number of nitrogens with one attached hydrogen (secondary N) is 1. The number of primary sulfonamides is 1. The molecule has 1 saturated heterocycles. The van der Waals surface area contributed by atoms with Crippen molar-refractivity contribution in [2.24, 2.45) is 11.1 Å². The number of nitrogens with two attached hydrogens (primary N) is 1. The molecule has 1 aliphatic carbocycles. The Kier molecular flexibility index (Phi) is 6.87. The number of hydrogen-bond donors (Lipinski definition) is 2. The van der Waals surface area contributed by atoms with Crippen LogP contribution < -0.4 is 15.4 Å². The molecule has 1 aliphatic heterocycles. The summed E-state index contributed by atoms with van der Waals surface area (Å²) in [6.07, 6.45) is 5.28. The Morgan fingerprint density at radius 1 is 0.970 bits per heavy atom. The fourth-order valence-corrected chi connectivity index (χ4v) is 5.71. The summed E-state index contributed by atoms with van der Waals surface area (Å²) in [5, 5.41) is 7.47. The first kappa shape index (κ1) is 23.5. The zero-order valence-electron chi connectivity index (χ0n) is 17.9. The van der Waals surface area contributed by atoms with Gasteiger partial charge in [0.1, 0.15) is 0 Å². The van der Waals surface area contributed by atoms with Gasteiger partial charge >= 0.3 is 0 Å². The average Bonchev–Trinajstić information content (AvgIpc) is 3.08. The molecule has 0 bridgehead atoms. The maximum Gasteiger partial charge on any atom is 0.247 e. The Morgan fingerprint density at radius 2 is 1.61 bits per heavy atom. The van der Waals surface area contributed by atoms with Crippen molar-refractivity contribution in [3.63, 3.8) is 0 Å². The quantitative estimate of drug-likeness (QED) is 0.602. The largest absolute Gasteiger partial charge is 0.326 e. The van der Waals surface area contributed by atoms with Crippen LogP contribution in [0.15, 0.2) is 58.3 Å². The predicted molar refractivity (Wildman–Crippen MR) is 126 cm³/mol. The van der Waals surface area contributed by atoms with Crippen LogP contribution in [0.4, 0.5) is 11.4 Å². The standard InChI is InChI=1S/C23H25N3O5S2/c24-33(30,31)19-12-8-17(9-13-19)26-21(27)14-20(23(26)29)32-18-10-6-16(7-11-18)25-22(28)15-4-2-1-3-5-15/h6-13,15,20H,1-5,14H2,(H,25,28)(H2,24,30,31). The van der Waals surface area contributed by atoms with E-state index in [1.165, 1.54) is 42.4 Å². The van der Waals surface area contributed by atoms with Gasteiger partial charge in [-0.05, 0) is 61.4 Å². The molecule has 8 nitrogen and oxygen atoms in total. The molecule has 3 amide bonds. The zero-order valence-corrected chi connectivity index (χ0v) is 19.5. The molecule has 10 heteroatoms. The lowest BCUT2D eigenvalue weighted by atomic mass is 9.88. The second kappa shape index (κ2) is 9.66. The minimum Gasteiger partial charge on any atom is -0.326 e. The Morgan fingerprint density at radius 3 is 2.21 bits per heavy atom. The van der Waals surface area contributed by atoms with Crippen LogP contribution in [-0.2, 0) is 24.4 Å². The summed E-state index contributed by atoms with van der Waals surface area (Å²) in [7, 11) is -3.86. The third-order valence-electron chi connectivity index (χ3n) is 5.90. The van der Waals surface area contributed by atoms with Gasteiger partial charge in [-0.3, -0.25) is 14.4 Å². The van der Waals surface area contributed by atoms with Gasteiger partial charge in [0, 0.05) is 22.9 Å². The Balaban J connectivity index is 1.38. The summed E-state index contributed by atoms with van der Waals surface area (Å²) < 4.78 is 22.8. The highest BCUT2D eigenvalue weighted by Gasteiger charge is 2.40. The number of thioether (sulfide) groups is 1. The number of rotatable bonds is 6. The van der Waals surface area contributed by atoms with Gasteiger partial charge in [-0.25, -0.2) is 18.5 Å². The highest BCUT2D eigenvalue weighted by Crippen LogP contribution is 2.35. The molecule has 0 aromatic heterocycles. The van der Waals surface area contributed by atoms with Gasteiger partial charge in [-0.15, -0.1) is 11.8 Å². The average molecular weight is 488 g/mol. The van der Waals surface area contributed by atoms with Crippen LogP contribution in [0.5, 0.6) is 0 Å². The fraction of sp³-hybridized carbons (Fsp3) is 0.348. The molecule has 174 valence electrons. The van der Waals surface area contributed by atoms with E-state index >= 15 is 0 Å². The number of sulfonamides is 1. The lowest BCUT2D eigenvalue weighted by Crippen LogP contribution is -2.31. The van der Waals surface area contributed by atoms with Crippen molar-refractivity contribution in [3.8, 4) is 0 Å². The maximum atomic E-state index is 12.9. The van der Waals surface area contributed by atoms with Gasteiger partial charge < -0.3 is 5.32 Å². The van der Waals surface area contributed by atoms with Crippen molar-refractivity contribution in [3.05, 3.63) is 48.5 Å². The number of carbonyl (C=O) groups excluding carboxylic acids is 3. The number of amides is 3. The minimum atomic E-state index is -3.86. The van der Waals surface area contributed by atoms with E-state index < -0.39 is 15.3 Å². The van der Waals surface area contributed by atoms with E-state index in [1.54, 1.807) is 12.1 Å². The topological polar surface area (TPSA) is 127 Å². The smallest absolute Gasteiger partial charge is 0.247 e. The third-order valence-corrected chi connectivity index (χ3v) is 8.03. The summed E-state index contributed by atoms with van der Waals surface area (Å²) in [5.41, 5.74) is 1.02. The Labute approximate surface area is 197 Å². The lowest BCUT2D eigenvalue weighted by molar-refractivity contribution is -0.122. The highest BCUT2D eigenvalue weighted by molar-refractivity contribution is 8.00. The predicted octanol–water partition coefficient (Wildman–Crippen LogP) is 3.28. The summed E-state index contributed by atoms with van der Waals surface area (Å²) in [6.45, 7) is 0. The van der Waals surface area contributed by atoms with Crippen LogP contribution in [0, 0.1) is 5.92 Å². The van der Waals surface area contributed by atoms with Crippen molar-refractivity contribution in [2.45, 2.75) is 53.6 Å². The summed E-state index contributed by atoms with van der Waals surface area (Å²) in [6, 6.07) is 12.6. The highest BCUT2D eigenvalue weighted by atomic mass is 32.2. The van der Waals surface area contributed by atoms with E-state index in [1.807, 2.05) is 12.1 Å². The number of carbonyl (C=O) groups is 3. The van der Waals surface area contributed by atoms with Crippen LogP contribution in [0.2, 0.25) is 0 Å². The van der Waals surface area contributed by atoms with Gasteiger partial charge in [0.05, 0.1) is 15.8 Å². The van der Waals surface area contributed by atoms with E-state index in [9.17, 15) is 22.8 Å². The molecule has 0 radical (unpaired) electrons.